The fraction of sp³-hybridized carbons (Fsp3) is 0.100. The van der Waals surface area contributed by atoms with Crippen LogP contribution in [0, 0.1) is 3.57 Å². The van der Waals surface area contributed by atoms with Gasteiger partial charge in [-0.2, -0.15) is 0 Å². The Labute approximate surface area is 85.6 Å². The van der Waals surface area contributed by atoms with Gasteiger partial charge in [0.1, 0.15) is 6.29 Å². The number of halogens is 1. The first-order chi connectivity index (χ1) is 5.75. The summed E-state index contributed by atoms with van der Waals surface area (Å²) in [6, 6.07) is 7.91. The highest BCUT2D eigenvalue weighted by Crippen LogP contribution is 2.20. The van der Waals surface area contributed by atoms with E-state index < -0.39 is 0 Å². The topological polar surface area (TPSA) is 17.1 Å². The first-order valence-corrected chi connectivity index (χ1v) is 4.70. The zero-order valence-corrected chi connectivity index (χ0v) is 8.74. The minimum atomic E-state index is 0.417. The van der Waals surface area contributed by atoms with Crippen molar-refractivity contribution in [1.29, 1.82) is 0 Å². The number of aldehydes is 1. The number of carbonyl (C=O) groups excluding carboxylic acids is 1. The number of benzene rings is 1. The van der Waals surface area contributed by atoms with Crippen molar-refractivity contribution in [3.8, 4) is 0 Å². The van der Waals surface area contributed by atoms with E-state index in [9.17, 15) is 4.79 Å². The van der Waals surface area contributed by atoms with E-state index >= 15 is 0 Å². The van der Waals surface area contributed by atoms with Crippen LogP contribution in [0.2, 0.25) is 0 Å². The Bertz CT molecular complexity index is 304. The van der Waals surface area contributed by atoms with Gasteiger partial charge in [-0.05, 0) is 39.8 Å². The largest absolute Gasteiger partial charge is 0.303 e. The molecule has 1 rings (SSSR count). The van der Waals surface area contributed by atoms with Crippen LogP contribution < -0.4 is 0 Å². The lowest BCUT2D eigenvalue weighted by atomic mass is 10.1. The van der Waals surface area contributed by atoms with E-state index in [4.69, 9.17) is 0 Å². The van der Waals surface area contributed by atoms with E-state index in [1.165, 1.54) is 0 Å². The van der Waals surface area contributed by atoms with Crippen LogP contribution in [0.25, 0.3) is 5.57 Å². The van der Waals surface area contributed by atoms with Crippen LogP contribution >= 0.6 is 22.6 Å². The second-order valence-corrected chi connectivity index (χ2v) is 3.62. The molecule has 2 heteroatoms. The molecule has 0 spiro atoms. The molecule has 0 aliphatic heterocycles. The Balaban J connectivity index is 2.94. The lowest BCUT2D eigenvalue weighted by molar-refractivity contribution is -0.107. The Hall–Kier alpha value is -0.640. The van der Waals surface area contributed by atoms with Crippen molar-refractivity contribution < 1.29 is 4.79 Å². The molecule has 0 saturated heterocycles. The van der Waals surface area contributed by atoms with Crippen LogP contribution in [-0.2, 0) is 4.79 Å². The van der Waals surface area contributed by atoms with Crippen LogP contribution in [0.3, 0.4) is 0 Å². The lowest BCUT2D eigenvalue weighted by Crippen LogP contribution is -1.87. The van der Waals surface area contributed by atoms with Crippen molar-refractivity contribution in [2.75, 3.05) is 0 Å². The first-order valence-electron chi connectivity index (χ1n) is 3.62. The predicted octanol–water partition coefficient (Wildman–Crippen LogP) is 2.89. The molecular formula is C10H9IO. The van der Waals surface area contributed by atoms with Crippen LogP contribution in [0.15, 0.2) is 30.8 Å². The van der Waals surface area contributed by atoms with Crippen LogP contribution in [0.4, 0.5) is 0 Å². The van der Waals surface area contributed by atoms with Gasteiger partial charge in [-0.25, -0.2) is 0 Å². The van der Waals surface area contributed by atoms with Gasteiger partial charge in [0, 0.05) is 9.99 Å². The van der Waals surface area contributed by atoms with E-state index in [0.717, 1.165) is 21.0 Å². The summed E-state index contributed by atoms with van der Waals surface area (Å²) < 4.78 is 1.14. The molecule has 0 unspecified atom stereocenters. The van der Waals surface area contributed by atoms with Crippen molar-refractivity contribution in [3.05, 3.63) is 40.0 Å². The maximum atomic E-state index is 10.2. The van der Waals surface area contributed by atoms with E-state index in [2.05, 4.69) is 29.2 Å². The van der Waals surface area contributed by atoms with Crippen molar-refractivity contribution in [2.24, 2.45) is 0 Å². The maximum absolute atomic E-state index is 10.2. The van der Waals surface area contributed by atoms with Gasteiger partial charge >= 0.3 is 0 Å². The number of rotatable bonds is 3. The van der Waals surface area contributed by atoms with Gasteiger partial charge in [0.25, 0.3) is 0 Å². The molecule has 0 bridgehead atoms. The molecule has 1 aromatic carbocycles. The Morgan fingerprint density at radius 2 is 2.17 bits per heavy atom. The van der Waals surface area contributed by atoms with Crippen molar-refractivity contribution in [1.82, 2.24) is 0 Å². The summed E-state index contributed by atoms with van der Waals surface area (Å²) in [6.07, 6.45) is 1.30. The van der Waals surface area contributed by atoms with Gasteiger partial charge in [-0.15, -0.1) is 0 Å². The van der Waals surface area contributed by atoms with Crippen LogP contribution in [0.1, 0.15) is 12.0 Å². The highest BCUT2D eigenvalue weighted by molar-refractivity contribution is 14.1. The van der Waals surface area contributed by atoms with Crippen LogP contribution in [-0.4, -0.2) is 6.29 Å². The highest BCUT2D eigenvalue weighted by Gasteiger charge is 2.01. The number of hydrogen-bond acceptors (Lipinski definition) is 1. The Morgan fingerprint density at radius 1 is 1.50 bits per heavy atom. The minimum absolute atomic E-state index is 0.417. The molecule has 1 nitrogen and oxygen atoms in total. The molecule has 0 fully saturated rings. The second-order valence-electron chi connectivity index (χ2n) is 2.45. The molecule has 0 radical (unpaired) electrons. The second kappa shape index (κ2) is 4.40. The molecule has 0 N–H and O–H groups in total. The molecule has 0 amide bonds. The molecule has 0 aliphatic carbocycles. The molecule has 62 valence electrons. The van der Waals surface area contributed by atoms with Crippen molar-refractivity contribution >= 4 is 34.5 Å². The van der Waals surface area contributed by atoms with Crippen molar-refractivity contribution in [3.63, 3.8) is 0 Å². The smallest absolute Gasteiger partial charge is 0.124 e. The average Bonchev–Trinajstić information content (AvgIpc) is 2.05. The lowest BCUT2D eigenvalue weighted by Gasteiger charge is -2.03. The van der Waals surface area contributed by atoms with E-state index in [0.29, 0.717) is 6.42 Å². The van der Waals surface area contributed by atoms with Gasteiger partial charge in [0.05, 0.1) is 0 Å². The summed E-state index contributed by atoms with van der Waals surface area (Å²) in [4.78, 5) is 10.2. The van der Waals surface area contributed by atoms with E-state index in [1.807, 2.05) is 24.3 Å². The third-order valence-corrected chi connectivity index (χ3v) is 2.53. The standard InChI is InChI=1S/C10H9IO/c1-8(6-7-12)9-4-2-3-5-10(9)11/h2-5,7H,1,6H2. The third-order valence-electron chi connectivity index (χ3n) is 1.58. The minimum Gasteiger partial charge on any atom is -0.303 e. The van der Waals surface area contributed by atoms with Gasteiger partial charge in [-0.1, -0.05) is 24.8 Å². The summed E-state index contributed by atoms with van der Waals surface area (Å²) in [6.45, 7) is 3.84. The Morgan fingerprint density at radius 3 is 2.75 bits per heavy atom. The first kappa shape index (κ1) is 9.45. The normalized spacial score (nSPS) is 9.42. The maximum Gasteiger partial charge on any atom is 0.124 e. The quantitative estimate of drug-likeness (QED) is 0.610. The molecule has 12 heavy (non-hydrogen) atoms. The summed E-state index contributed by atoms with van der Waals surface area (Å²) >= 11 is 2.24. The fourth-order valence-electron chi connectivity index (χ4n) is 0.958. The molecule has 0 aromatic heterocycles. The monoisotopic (exact) mass is 272 g/mol. The number of hydrogen-bond donors (Lipinski definition) is 0. The van der Waals surface area contributed by atoms with Gasteiger partial charge in [-0.3, -0.25) is 0 Å². The van der Waals surface area contributed by atoms with Crippen molar-refractivity contribution in [2.45, 2.75) is 6.42 Å². The van der Waals surface area contributed by atoms with E-state index in [-0.39, 0.29) is 0 Å². The molecule has 0 heterocycles. The number of carbonyl (C=O) groups is 1. The highest BCUT2D eigenvalue weighted by atomic mass is 127. The molecule has 0 atom stereocenters. The summed E-state index contributed by atoms with van der Waals surface area (Å²) in [5, 5.41) is 0. The predicted molar refractivity (Wildman–Crippen MR) is 58.9 cm³/mol. The third kappa shape index (κ3) is 2.17. The average molecular weight is 272 g/mol. The zero-order valence-electron chi connectivity index (χ0n) is 6.59. The fourth-order valence-corrected chi connectivity index (χ4v) is 1.73. The van der Waals surface area contributed by atoms with Gasteiger partial charge < -0.3 is 4.79 Å². The number of allylic oxidation sites excluding steroid dienone is 1. The van der Waals surface area contributed by atoms with Gasteiger partial charge in [0.2, 0.25) is 0 Å². The molecule has 0 saturated carbocycles. The summed E-state index contributed by atoms with van der Waals surface area (Å²) in [5.41, 5.74) is 1.96. The zero-order chi connectivity index (χ0) is 8.97. The molecule has 1 aromatic rings. The summed E-state index contributed by atoms with van der Waals surface area (Å²) in [5.74, 6) is 0. The SMILES string of the molecule is C=C(CC=O)c1ccccc1I. The molecular weight excluding hydrogens is 263 g/mol. The Kier molecular flexibility index (Phi) is 3.47. The summed E-state index contributed by atoms with van der Waals surface area (Å²) in [7, 11) is 0. The van der Waals surface area contributed by atoms with E-state index in [1.54, 1.807) is 0 Å². The van der Waals surface area contributed by atoms with Crippen LogP contribution in [0.5, 0.6) is 0 Å². The molecule has 0 aliphatic rings. The van der Waals surface area contributed by atoms with Gasteiger partial charge in [0.15, 0.2) is 0 Å².